The molecule has 0 amide bonds. The number of nitrogens with one attached hydrogen (secondary N) is 1. The molecule has 4 heteroatoms. The molecule has 10 aromatic rings. The fourth-order valence-electron chi connectivity index (χ4n) is 8.91. The second kappa shape index (κ2) is 12.3. The quantitative estimate of drug-likeness (QED) is 0.183. The first kappa shape index (κ1) is 31.5. The molecule has 3 nitrogen and oxygen atoms in total. The van der Waals surface area contributed by atoms with Crippen LogP contribution in [0.4, 0.5) is 0 Å². The van der Waals surface area contributed by atoms with Crippen LogP contribution in [0.25, 0.3) is 82.2 Å². The van der Waals surface area contributed by atoms with Crippen molar-refractivity contribution in [3.63, 3.8) is 0 Å². The number of aliphatic imine (C=N–C) groups is 1. The van der Waals surface area contributed by atoms with Crippen LogP contribution in [-0.4, -0.2) is 5.84 Å². The van der Waals surface area contributed by atoms with Crippen LogP contribution in [-0.2, 0) is 0 Å². The number of fused-ring (bicyclic) bond motifs is 12. The number of nitrogens with zero attached hydrogens (tertiary/aromatic N) is 1. The minimum absolute atomic E-state index is 0.00146. The van der Waals surface area contributed by atoms with Crippen LogP contribution in [0.2, 0.25) is 0 Å². The SMILES string of the molecule is c1ccc(C2=C3Sc4ccccc4C3NC(c3cc(-c4cccc(-c5ccc6oc7ccccc7c6c5)c4)cc4c5ccccc5c5ccccc5c34)=N2)cc1. The molecule has 262 valence electrons. The van der Waals surface area contributed by atoms with E-state index in [4.69, 9.17) is 9.41 Å². The molecular weight excluding hydrogens is 701 g/mol. The lowest BCUT2D eigenvalue weighted by Crippen LogP contribution is -2.32. The van der Waals surface area contributed by atoms with E-state index in [0.717, 1.165) is 66.9 Å². The van der Waals surface area contributed by atoms with Gasteiger partial charge in [0.15, 0.2) is 0 Å². The fourth-order valence-corrected chi connectivity index (χ4v) is 10.2. The predicted molar refractivity (Wildman–Crippen MR) is 235 cm³/mol. The van der Waals surface area contributed by atoms with Crippen LogP contribution in [0, 0.1) is 0 Å². The summed E-state index contributed by atoms with van der Waals surface area (Å²) in [6.07, 6.45) is 0. The number of hydrogen-bond donors (Lipinski definition) is 1. The molecule has 1 aromatic heterocycles. The lowest BCUT2D eigenvalue weighted by atomic mass is 9.87. The average molecular weight is 733 g/mol. The molecular formula is C52H32N2OS. The molecule has 1 N–H and O–H groups in total. The van der Waals surface area contributed by atoms with Gasteiger partial charge in [-0.3, -0.25) is 0 Å². The highest BCUT2D eigenvalue weighted by atomic mass is 32.2. The summed E-state index contributed by atoms with van der Waals surface area (Å²) in [4.78, 5) is 8.11. The number of thioether (sulfide) groups is 1. The highest BCUT2D eigenvalue weighted by Gasteiger charge is 2.35. The van der Waals surface area contributed by atoms with Gasteiger partial charge in [-0.2, -0.15) is 0 Å². The van der Waals surface area contributed by atoms with Gasteiger partial charge >= 0.3 is 0 Å². The van der Waals surface area contributed by atoms with Gasteiger partial charge in [-0.15, -0.1) is 0 Å². The summed E-state index contributed by atoms with van der Waals surface area (Å²) in [6.45, 7) is 0. The Labute approximate surface area is 327 Å². The van der Waals surface area contributed by atoms with Gasteiger partial charge in [-0.25, -0.2) is 4.99 Å². The molecule has 0 fully saturated rings. The van der Waals surface area contributed by atoms with E-state index >= 15 is 0 Å². The maximum Gasteiger partial charge on any atom is 0.135 e. The maximum atomic E-state index is 6.17. The lowest BCUT2D eigenvalue weighted by molar-refractivity contribution is 0.669. The van der Waals surface area contributed by atoms with Crippen LogP contribution < -0.4 is 5.32 Å². The first-order valence-corrected chi connectivity index (χ1v) is 19.9. The summed E-state index contributed by atoms with van der Waals surface area (Å²) in [5.74, 6) is 0.885. The summed E-state index contributed by atoms with van der Waals surface area (Å²) in [7, 11) is 0. The van der Waals surface area contributed by atoms with Crippen LogP contribution in [0.15, 0.2) is 201 Å². The van der Waals surface area contributed by atoms with Crippen LogP contribution >= 0.6 is 11.8 Å². The van der Waals surface area contributed by atoms with Crippen LogP contribution in [0.3, 0.4) is 0 Å². The summed E-state index contributed by atoms with van der Waals surface area (Å²) in [6, 6.07) is 65.6. The first-order chi connectivity index (χ1) is 27.7. The summed E-state index contributed by atoms with van der Waals surface area (Å²) >= 11 is 1.83. The van der Waals surface area contributed by atoms with Gasteiger partial charge < -0.3 is 9.73 Å². The van der Waals surface area contributed by atoms with Gasteiger partial charge in [0.1, 0.15) is 17.0 Å². The third-order valence-corrected chi connectivity index (χ3v) is 12.7. The third kappa shape index (κ3) is 4.83. The number of amidine groups is 1. The Hall–Kier alpha value is -6.88. The van der Waals surface area contributed by atoms with E-state index in [-0.39, 0.29) is 6.04 Å². The molecule has 0 radical (unpaired) electrons. The van der Waals surface area contributed by atoms with Crippen molar-refractivity contribution >= 4 is 77.6 Å². The molecule has 0 aliphatic carbocycles. The molecule has 0 saturated carbocycles. The zero-order valence-corrected chi connectivity index (χ0v) is 31.0. The molecule has 56 heavy (non-hydrogen) atoms. The Bertz CT molecular complexity index is 3320. The Morgan fingerprint density at radius 2 is 1.05 bits per heavy atom. The molecule has 0 bridgehead atoms. The zero-order chi connectivity index (χ0) is 36.7. The smallest absolute Gasteiger partial charge is 0.135 e. The minimum Gasteiger partial charge on any atom is -0.456 e. The number of para-hydroxylation sites is 1. The number of furan rings is 1. The first-order valence-electron chi connectivity index (χ1n) is 19.1. The van der Waals surface area contributed by atoms with Crippen LogP contribution in [0.5, 0.6) is 0 Å². The Balaban J connectivity index is 1.11. The third-order valence-electron chi connectivity index (χ3n) is 11.5. The Morgan fingerprint density at radius 3 is 1.89 bits per heavy atom. The Kier molecular flexibility index (Phi) is 6.92. The van der Waals surface area contributed by atoms with Gasteiger partial charge in [0.05, 0.1) is 11.7 Å². The molecule has 12 rings (SSSR count). The highest BCUT2D eigenvalue weighted by Crippen LogP contribution is 2.52. The van der Waals surface area contributed by atoms with Gasteiger partial charge in [-0.1, -0.05) is 151 Å². The van der Waals surface area contributed by atoms with Crippen LogP contribution in [0.1, 0.15) is 22.7 Å². The minimum atomic E-state index is 0.00146. The lowest BCUT2D eigenvalue weighted by Gasteiger charge is -2.27. The van der Waals surface area contributed by atoms with E-state index in [1.165, 1.54) is 47.7 Å². The van der Waals surface area contributed by atoms with Crippen molar-refractivity contribution in [2.24, 2.45) is 4.99 Å². The van der Waals surface area contributed by atoms with Crippen molar-refractivity contribution in [3.8, 4) is 22.3 Å². The molecule has 1 unspecified atom stereocenters. The molecule has 1 atom stereocenters. The largest absolute Gasteiger partial charge is 0.456 e. The van der Waals surface area contributed by atoms with E-state index in [9.17, 15) is 0 Å². The van der Waals surface area contributed by atoms with Crippen molar-refractivity contribution in [2.45, 2.75) is 10.9 Å². The second-order valence-electron chi connectivity index (χ2n) is 14.7. The van der Waals surface area contributed by atoms with Crippen molar-refractivity contribution in [2.75, 3.05) is 0 Å². The maximum absolute atomic E-state index is 6.17. The van der Waals surface area contributed by atoms with Gasteiger partial charge in [0.2, 0.25) is 0 Å². The zero-order valence-electron chi connectivity index (χ0n) is 30.2. The molecule has 0 saturated heterocycles. The number of benzene rings is 9. The normalized spacial score (nSPS) is 15.1. The number of rotatable bonds is 4. The second-order valence-corrected chi connectivity index (χ2v) is 15.8. The topological polar surface area (TPSA) is 37.5 Å². The van der Waals surface area contributed by atoms with Crippen molar-refractivity contribution in [1.29, 1.82) is 0 Å². The average Bonchev–Trinajstić information content (AvgIpc) is 3.84. The standard InChI is InChI=1S/C52H32N2OS/c1-2-13-31(14-3-1)49-51-50(41-22-9-11-24-47(41)56-51)54-52(53-49)44-30-35(29-43-38-19-5-4-17-36(38)37-18-6-7-21-40(37)48(43)44)33-16-12-15-32(27-33)34-25-26-46-42(28-34)39-20-8-10-23-45(39)55-46/h1-30,50H,(H,53,54). The van der Waals surface area contributed by atoms with Gasteiger partial charge in [-0.05, 0) is 97.2 Å². The molecule has 2 aliphatic heterocycles. The molecule has 2 aliphatic rings. The van der Waals surface area contributed by atoms with Crippen molar-refractivity contribution in [3.05, 3.63) is 204 Å². The summed E-state index contributed by atoms with van der Waals surface area (Å²) in [5.41, 5.74) is 11.0. The summed E-state index contributed by atoms with van der Waals surface area (Å²) < 4.78 is 6.17. The predicted octanol–water partition coefficient (Wildman–Crippen LogP) is 13.9. The van der Waals surface area contributed by atoms with E-state index in [1.807, 2.05) is 23.9 Å². The Morgan fingerprint density at radius 1 is 0.446 bits per heavy atom. The monoisotopic (exact) mass is 732 g/mol. The molecule has 9 aromatic carbocycles. The number of hydrogen-bond acceptors (Lipinski definition) is 4. The molecule has 3 heterocycles. The summed E-state index contributed by atoms with van der Waals surface area (Å²) in [5, 5.41) is 13.6. The highest BCUT2D eigenvalue weighted by molar-refractivity contribution is 8.03. The molecule has 0 spiro atoms. The van der Waals surface area contributed by atoms with Crippen molar-refractivity contribution < 1.29 is 4.42 Å². The van der Waals surface area contributed by atoms with E-state index in [2.05, 4.69) is 175 Å². The van der Waals surface area contributed by atoms with Gasteiger partial charge in [0, 0.05) is 37.1 Å². The van der Waals surface area contributed by atoms with Gasteiger partial charge in [0.25, 0.3) is 0 Å². The van der Waals surface area contributed by atoms with E-state index < -0.39 is 0 Å². The van der Waals surface area contributed by atoms with Crippen molar-refractivity contribution in [1.82, 2.24) is 5.32 Å². The van der Waals surface area contributed by atoms with E-state index in [1.54, 1.807) is 0 Å². The fraction of sp³-hybridized carbons (Fsp3) is 0.0192. The van der Waals surface area contributed by atoms with E-state index in [0.29, 0.717) is 0 Å².